The fourth-order valence-electron chi connectivity index (χ4n) is 2.48. The van der Waals surface area contributed by atoms with E-state index in [1.807, 2.05) is 24.0 Å². The van der Waals surface area contributed by atoms with Gasteiger partial charge in [0.2, 0.25) is 5.91 Å². The number of aryl methyl sites for hydroxylation is 1. The molecule has 0 spiro atoms. The van der Waals surface area contributed by atoms with E-state index in [1.165, 1.54) is 0 Å². The molecule has 1 aliphatic heterocycles. The Morgan fingerprint density at radius 2 is 2.05 bits per heavy atom. The second kappa shape index (κ2) is 7.47. The number of rotatable bonds is 4. The van der Waals surface area contributed by atoms with Crippen molar-refractivity contribution in [3.05, 3.63) is 28.8 Å². The van der Waals surface area contributed by atoms with E-state index in [0.29, 0.717) is 10.7 Å². The number of likely N-dealkylation sites (tertiary alicyclic amines) is 1. The Labute approximate surface area is 135 Å². The number of piperidine rings is 1. The molecule has 0 aromatic heterocycles. The van der Waals surface area contributed by atoms with Crippen molar-refractivity contribution in [3.63, 3.8) is 0 Å². The van der Waals surface area contributed by atoms with Gasteiger partial charge in [0.1, 0.15) is 0 Å². The predicted octanol–water partition coefficient (Wildman–Crippen LogP) is 1.72. The Balaban J connectivity index is 1.78. The molecule has 6 nitrogen and oxygen atoms in total. The zero-order valence-corrected chi connectivity index (χ0v) is 13.3. The van der Waals surface area contributed by atoms with E-state index < -0.39 is 0 Å². The number of anilines is 1. The fraction of sp³-hybridized carbons (Fsp3) is 0.467. The van der Waals surface area contributed by atoms with Gasteiger partial charge in [-0.3, -0.25) is 9.69 Å². The number of urea groups is 1. The first-order chi connectivity index (χ1) is 10.4. The lowest BCUT2D eigenvalue weighted by molar-refractivity contribution is -0.119. The Hall–Kier alpha value is -1.79. The van der Waals surface area contributed by atoms with Crippen molar-refractivity contribution >= 4 is 29.2 Å². The minimum absolute atomic E-state index is 0.102. The minimum atomic E-state index is -0.319. The molecule has 0 unspecified atom stereocenters. The predicted molar refractivity (Wildman–Crippen MR) is 87.0 cm³/mol. The minimum Gasteiger partial charge on any atom is -0.369 e. The molecule has 1 fully saturated rings. The summed E-state index contributed by atoms with van der Waals surface area (Å²) in [6.45, 7) is 3.70. The molecule has 4 N–H and O–H groups in total. The summed E-state index contributed by atoms with van der Waals surface area (Å²) in [5, 5.41) is 6.34. The molecule has 1 aliphatic rings. The van der Waals surface area contributed by atoms with Crippen molar-refractivity contribution in [2.75, 3.05) is 25.0 Å². The molecule has 7 heteroatoms. The highest BCUT2D eigenvalue weighted by atomic mass is 35.5. The highest BCUT2D eigenvalue weighted by Gasteiger charge is 2.21. The zero-order chi connectivity index (χ0) is 16.1. The number of primary amides is 1. The number of nitrogens with one attached hydrogen (secondary N) is 2. The second-order valence-corrected chi connectivity index (χ2v) is 5.99. The lowest BCUT2D eigenvalue weighted by Gasteiger charge is -2.31. The maximum atomic E-state index is 12.0. The number of carbonyl (C=O) groups excluding carboxylic acids is 2. The molecule has 1 heterocycles. The lowest BCUT2D eigenvalue weighted by atomic mass is 10.1. The summed E-state index contributed by atoms with van der Waals surface area (Å²) in [5.41, 5.74) is 6.81. The van der Waals surface area contributed by atoms with Crippen molar-refractivity contribution in [2.45, 2.75) is 25.8 Å². The largest absolute Gasteiger partial charge is 0.369 e. The van der Waals surface area contributed by atoms with Gasteiger partial charge in [0.15, 0.2) is 0 Å². The third kappa shape index (κ3) is 4.89. The smallest absolute Gasteiger partial charge is 0.319 e. The van der Waals surface area contributed by atoms with E-state index in [9.17, 15) is 9.59 Å². The van der Waals surface area contributed by atoms with Crippen LogP contribution in [0.5, 0.6) is 0 Å². The van der Waals surface area contributed by atoms with Crippen LogP contribution in [0.2, 0.25) is 5.02 Å². The standard InChI is InChI=1S/C15H21ClN4O2/c1-10-2-3-12(8-13(10)16)19-15(22)18-11-4-6-20(7-5-11)9-14(17)21/h2-3,8,11H,4-7,9H2,1H3,(H2,17,21)(H2,18,19,22). The highest BCUT2D eigenvalue weighted by Crippen LogP contribution is 2.20. The molecule has 1 aromatic rings. The Bertz CT molecular complexity index is 556. The Kier molecular flexibility index (Phi) is 5.63. The Morgan fingerprint density at radius 3 is 2.64 bits per heavy atom. The molecule has 0 atom stereocenters. The molecule has 120 valence electrons. The van der Waals surface area contributed by atoms with Crippen LogP contribution in [-0.4, -0.2) is 42.5 Å². The number of hydrogen-bond donors (Lipinski definition) is 3. The maximum Gasteiger partial charge on any atom is 0.319 e. The number of nitrogens with two attached hydrogens (primary N) is 1. The van der Waals surface area contributed by atoms with Crippen LogP contribution >= 0.6 is 11.6 Å². The third-order valence-electron chi connectivity index (χ3n) is 3.73. The van der Waals surface area contributed by atoms with Crippen LogP contribution in [0, 0.1) is 6.92 Å². The van der Waals surface area contributed by atoms with Crippen molar-refractivity contribution in [2.24, 2.45) is 5.73 Å². The molecule has 1 aromatic carbocycles. The topological polar surface area (TPSA) is 87.5 Å². The van der Waals surface area contributed by atoms with Gasteiger partial charge < -0.3 is 16.4 Å². The molecule has 0 radical (unpaired) electrons. The summed E-state index contributed by atoms with van der Waals surface area (Å²) in [7, 11) is 0. The summed E-state index contributed by atoms with van der Waals surface area (Å²) in [5.74, 6) is -0.319. The van der Waals surface area contributed by atoms with Gasteiger partial charge in [0, 0.05) is 29.8 Å². The molecule has 0 bridgehead atoms. The van der Waals surface area contributed by atoms with E-state index in [0.717, 1.165) is 31.5 Å². The number of carbonyl (C=O) groups is 2. The molecule has 0 saturated carbocycles. The van der Waals surface area contributed by atoms with E-state index in [-0.39, 0.29) is 24.5 Å². The van der Waals surface area contributed by atoms with Crippen LogP contribution in [0.4, 0.5) is 10.5 Å². The van der Waals surface area contributed by atoms with Gasteiger partial charge in [-0.2, -0.15) is 0 Å². The Morgan fingerprint density at radius 1 is 1.36 bits per heavy atom. The van der Waals surface area contributed by atoms with Crippen LogP contribution in [0.3, 0.4) is 0 Å². The van der Waals surface area contributed by atoms with Crippen molar-refractivity contribution in [1.29, 1.82) is 0 Å². The molecule has 0 aliphatic carbocycles. The third-order valence-corrected chi connectivity index (χ3v) is 4.14. The van der Waals surface area contributed by atoms with Gasteiger partial charge in [0.05, 0.1) is 6.54 Å². The van der Waals surface area contributed by atoms with Crippen molar-refractivity contribution < 1.29 is 9.59 Å². The van der Waals surface area contributed by atoms with Crippen LogP contribution in [0.25, 0.3) is 0 Å². The van der Waals surface area contributed by atoms with Gasteiger partial charge >= 0.3 is 6.03 Å². The molecule has 1 saturated heterocycles. The van der Waals surface area contributed by atoms with Crippen molar-refractivity contribution in [3.8, 4) is 0 Å². The quantitative estimate of drug-likeness (QED) is 0.788. The average molecular weight is 325 g/mol. The molecule has 22 heavy (non-hydrogen) atoms. The van der Waals surface area contributed by atoms with Gasteiger partial charge in [0.25, 0.3) is 0 Å². The molecular weight excluding hydrogens is 304 g/mol. The number of halogens is 1. The van der Waals surface area contributed by atoms with E-state index in [2.05, 4.69) is 10.6 Å². The van der Waals surface area contributed by atoms with Gasteiger partial charge in [-0.15, -0.1) is 0 Å². The summed E-state index contributed by atoms with van der Waals surface area (Å²) in [6, 6.07) is 5.26. The summed E-state index contributed by atoms with van der Waals surface area (Å²) >= 11 is 6.03. The normalized spacial score (nSPS) is 16.3. The molecular formula is C15H21ClN4O2. The summed E-state index contributed by atoms with van der Waals surface area (Å²) in [4.78, 5) is 24.9. The molecule has 3 amide bonds. The highest BCUT2D eigenvalue weighted by molar-refractivity contribution is 6.31. The number of nitrogens with zero attached hydrogens (tertiary/aromatic N) is 1. The zero-order valence-electron chi connectivity index (χ0n) is 12.6. The first-order valence-electron chi connectivity index (χ1n) is 7.28. The summed E-state index contributed by atoms with van der Waals surface area (Å²) < 4.78 is 0. The lowest BCUT2D eigenvalue weighted by Crippen LogP contribution is -2.47. The van der Waals surface area contributed by atoms with Gasteiger partial charge in [-0.1, -0.05) is 17.7 Å². The second-order valence-electron chi connectivity index (χ2n) is 5.58. The summed E-state index contributed by atoms with van der Waals surface area (Å²) in [6.07, 6.45) is 1.60. The fourth-order valence-corrected chi connectivity index (χ4v) is 2.66. The number of benzene rings is 1. The maximum absolute atomic E-state index is 12.0. The average Bonchev–Trinajstić information content (AvgIpc) is 2.44. The monoisotopic (exact) mass is 324 g/mol. The molecule has 2 rings (SSSR count). The SMILES string of the molecule is Cc1ccc(NC(=O)NC2CCN(CC(N)=O)CC2)cc1Cl. The van der Waals surface area contributed by atoms with E-state index in [4.69, 9.17) is 17.3 Å². The van der Waals surface area contributed by atoms with E-state index >= 15 is 0 Å². The first kappa shape index (κ1) is 16.6. The van der Waals surface area contributed by atoms with Gasteiger partial charge in [-0.25, -0.2) is 4.79 Å². The van der Waals surface area contributed by atoms with Gasteiger partial charge in [-0.05, 0) is 37.5 Å². The number of amides is 3. The number of hydrogen-bond acceptors (Lipinski definition) is 3. The van der Waals surface area contributed by atoms with Crippen LogP contribution in [-0.2, 0) is 4.79 Å². The van der Waals surface area contributed by atoms with Crippen LogP contribution in [0.15, 0.2) is 18.2 Å². The van der Waals surface area contributed by atoms with Crippen LogP contribution < -0.4 is 16.4 Å². The van der Waals surface area contributed by atoms with E-state index in [1.54, 1.807) is 6.07 Å². The first-order valence-corrected chi connectivity index (χ1v) is 7.66. The van der Waals surface area contributed by atoms with Crippen LogP contribution in [0.1, 0.15) is 18.4 Å². The van der Waals surface area contributed by atoms with Crippen molar-refractivity contribution in [1.82, 2.24) is 10.2 Å².